The quantitative estimate of drug-likeness (QED) is 0.582. The highest BCUT2D eigenvalue weighted by molar-refractivity contribution is 6.04. The lowest BCUT2D eigenvalue weighted by Crippen LogP contribution is -2.21. The molecule has 1 amide bonds. The molecule has 16 heavy (non-hydrogen) atoms. The van der Waals surface area contributed by atoms with Gasteiger partial charge in [-0.3, -0.25) is 4.79 Å². The normalized spacial score (nSPS) is 15.8. The summed E-state index contributed by atoms with van der Waals surface area (Å²) in [5.41, 5.74) is 1.09. The molecule has 0 atom stereocenters. The third-order valence-electron chi connectivity index (χ3n) is 2.95. The van der Waals surface area contributed by atoms with Gasteiger partial charge in [-0.15, -0.1) is 0 Å². The Morgan fingerprint density at radius 2 is 1.81 bits per heavy atom. The average molecular weight is 224 g/mol. The zero-order valence-electron chi connectivity index (χ0n) is 10.7. The van der Waals surface area contributed by atoms with Gasteiger partial charge in [0.05, 0.1) is 6.42 Å². The van der Waals surface area contributed by atoms with E-state index in [1.165, 1.54) is 32.1 Å². The van der Waals surface area contributed by atoms with Crippen LogP contribution in [0.4, 0.5) is 0 Å². The first-order valence-electron chi connectivity index (χ1n) is 6.64. The maximum atomic E-state index is 11.6. The Kier molecular flexibility index (Phi) is 6.12. The monoisotopic (exact) mass is 224 g/mol. The second kappa shape index (κ2) is 7.42. The Hall–Kier alpha value is -0.860. The van der Waals surface area contributed by atoms with Gasteiger partial charge >= 0.3 is 0 Å². The zero-order valence-corrected chi connectivity index (χ0v) is 10.7. The van der Waals surface area contributed by atoms with Gasteiger partial charge in [0.1, 0.15) is 0 Å². The predicted molar refractivity (Wildman–Crippen MR) is 67.4 cm³/mol. The Bertz CT molecular complexity index is 248. The van der Waals surface area contributed by atoms with Gasteiger partial charge < -0.3 is 0 Å². The van der Waals surface area contributed by atoms with E-state index in [0.717, 1.165) is 25.1 Å². The fourth-order valence-corrected chi connectivity index (χ4v) is 1.93. The molecule has 0 spiro atoms. The third-order valence-corrected chi connectivity index (χ3v) is 2.95. The molecule has 0 unspecified atom stereocenters. The molecule has 1 aliphatic heterocycles. The molecule has 0 N–H and O–H groups in total. The van der Waals surface area contributed by atoms with E-state index in [0.29, 0.717) is 6.42 Å². The van der Waals surface area contributed by atoms with Crippen LogP contribution in [0.1, 0.15) is 65.2 Å². The van der Waals surface area contributed by atoms with Crippen LogP contribution >= 0.6 is 0 Å². The fraction of sp³-hybridized carbons (Fsp3) is 0.846. The molecule has 1 aliphatic rings. The standard InChI is InChI=1S/C13H24N2O/c1-3-5-7-9-12-11-13(16)15(14-12)10-8-6-4-2/h3-11H2,1-2H3. The molecule has 1 rings (SSSR count). The number of amides is 1. The Morgan fingerprint density at radius 3 is 2.50 bits per heavy atom. The summed E-state index contributed by atoms with van der Waals surface area (Å²) in [6.45, 7) is 5.17. The molecule has 0 aromatic carbocycles. The van der Waals surface area contributed by atoms with Crippen molar-refractivity contribution in [1.82, 2.24) is 5.01 Å². The number of rotatable bonds is 8. The lowest BCUT2D eigenvalue weighted by Gasteiger charge is -2.10. The number of nitrogens with zero attached hydrogens (tertiary/aromatic N) is 2. The summed E-state index contributed by atoms with van der Waals surface area (Å²) in [7, 11) is 0. The van der Waals surface area contributed by atoms with Crippen molar-refractivity contribution in [1.29, 1.82) is 0 Å². The third kappa shape index (κ3) is 4.33. The summed E-state index contributed by atoms with van der Waals surface area (Å²) in [5.74, 6) is 0.197. The Labute approximate surface area is 98.9 Å². The van der Waals surface area contributed by atoms with Crippen molar-refractivity contribution in [2.75, 3.05) is 6.54 Å². The van der Waals surface area contributed by atoms with Gasteiger partial charge in [-0.1, -0.05) is 39.5 Å². The van der Waals surface area contributed by atoms with Gasteiger partial charge in [-0.05, 0) is 19.3 Å². The van der Waals surface area contributed by atoms with E-state index in [1.54, 1.807) is 5.01 Å². The van der Waals surface area contributed by atoms with Crippen LogP contribution in [0.15, 0.2) is 5.10 Å². The molecule has 92 valence electrons. The molecule has 0 radical (unpaired) electrons. The Morgan fingerprint density at radius 1 is 1.12 bits per heavy atom. The summed E-state index contributed by atoms with van der Waals surface area (Å²) < 4.78 is 0. The van der Waals surface area contributed by atoms with E-state index in [9.17, 15) is 4.79 Å². The maximum Gasteiger partial charge on any atom is 0.248 e. The van der Waals surface area contributed by atoms with Crippen molar-refractivity contribution < 1.29 is 4.79 Å². The number of hydrazone groups is 1. The number of hydrogen-bond donors (Lipinski definition) is 0. The van der Waals surface area contributed by atoms with Crippen LogP contribution in [0, 0.1) is 0 Å². The molecule has 0 aromatic rings. The van der Waals surface area contributed by atoms with Crippen molar-refractivity contribution in [3.63, 3.8) is 0 Å². The molecule has 3 heteroatoms. The first-order valence-corrected chi connectivity index (χ1v) is 6.64. The first kappa shape index (κ1) is 13.2. The zero-order chi connectivity index (χ0) is 11.8. The van der Waals surface area contributed by atoms with E-state index < -0.39 is 0 Å². The number of unbranched alkanes of at least 4 members (excludes halogenated alkanes) is 4. The summed E-state index contributed by atoms with van der Waals surface area (Å²) in [6, 6.07) is 0. The van der Waals surface area contributed by atoms with E-state index in [1.807, 2.05) is 0 Å². The lowest BCUT2D eigenvalue weighted by atomic mass is 10.1. The van der Waals surface area contributed by atoms with Gasteiger partial charge in [0.2, 0.25) is 5.91 Å². The second-order valence-electron chi connectivity index (χ2n) is 4.52. The summed E-state index contributed by atoms with van der Waals surface area (Å²) in [5, 5.41) is 6.09. The minimum atomic E-state index is 0.197. The molecular formula is C13H24N2O. The van der Waals surface area contributed by atoms with Crippen molar-refractivity contribution in [3.05, 3.63) is 0 Å². The largest absolute Gasteiger partial charge is 0.273 e. The molecule has 0 saturated carbocycles. The summed E-state index contributed by atoms with van der Waals surface area (Å²) in [6.07, 6.45) is 8.66. The van der Waals surface area contributed by atoms with Crippen molar-refractivity contribution in [3.8, 4) is 0 Å². The lowest BCUT2D eigenvalue weighted by molar-refractivity contribution is -0.128. The van der Waals surface area contributed by atoms with Gasteiger partial charge in [0.15, 0.2) is 0 Å². The minimum absolute atomic E-state index is 0.197. The first-order chi connectivity index (χ1) is 7.77. The predicted octanol–water partition coefficient (Wildman–Crippen LogP) is 3.35. The number of carbonyl (C=O) groups is 1. The van der Waals surface area contributed by atoms with E-state index in [4.69, 9.17) is 0 Å². The fourth-order valence-electron chi connectivity index (χ4n) is 1.93. The molecule has 1 heterocycles. The van der Waals surface area contributed by atoms with Crippen LogP contribution in [0.3, 0.4) is 0 Å². The van der Waals surface area contributed by atoms with Gasteiger partial charge in [0, 0.05) is 12.3 Å². The van der Waals surface area contributed by atoms with Crippen LogP contribution in [0.25, 0.3) is 0 Å². The summed E-state index contributed by atoms with van der Waals surface area (Å²) >= 11 is 0. The number of hydrogen-bond acceptors (Lipinski definition) is 2. The molecule has 0 aliphatic carbocycles. The SMILES string of the molecule is CCCCCC1=NN(CCCCC)C(=O)C1. The van der Waals surface area contributed by atoms with Crippen molar-refractivity contribution >= 4 is 11.6 Å². The Balaban J connectivity index is 2.27. The van der Waals surface area contributed by atoms with E-state index in [-0.39, 0.29) is 5.91 Å². The average Bonchev–Trinajstić information content (AvgIpc) is 2.61. The molecular weight excluding hydrogens is 200 g/mol. The van der Waals surface area contributed by atoms with Crippen LogP contribution in [0.2, 0.25) is 0 Å². The van der Waals surface area contributed by atoms with Crippen LogP contribution < -0.4 is 0 Å². The molecule has 0 fully saturated rings. The highest BCUT2D eigenvalue weighted by Gasteiger charge is 2.22. The minimum Gasteiger partial charge on any atom is -0.273 e. The van der Waals surface area contributed by atoms with Crippen LogP contribution in [-0.2, 0) is 4.79 Å². The second-order valence-corrected chi connectivity index (χ2v) is 4.52. The molecule has 0 aromatic heterocycles. The summed E-state index contributed by atoms with van der Waals surface area (Å²) in [4.78, 5) is 11.6. The van der Waals surface area contributed by atoms with Crippen molar-refractivity contribution in [2.45, 2.75) is 65.2 Å². The van der Waals surface area contributed by atoms with E-state index in [2.05, 4.69) is 18.9 Å². The van der Waals surface area contributed by atoms with Gasteiger partial charge in [-0.2, -0.15) is 5.10 Å². The van der Waals surface area contributed by atoms with E-state index >= 15 is 0 Å². The number of carbonyl (C=O) groups excluding carboxylic acids is 1. The molecule has 0 saturated heterocycles. The van der Waals surface area contributed by atoms with Gasteiger partial charge in [-0.25, -0.2) is 5.01 Å². The topological polar surface area (TPSA) is 32.7 Å². The van der Waals surface area contributed by atoms with Crippen LogP contribution in [-0.4, -0.2) is 23.2 Å². The molecule has 3 nitrogen and oxygen atoms in total. The highest BCUT2D eigenvalue weighted by Crippen LogP contribution is 2.14. The smallest absolute Gasteiger partial charge is 0.248 e. The highest BCUT2D eigenvalue weighted by atomic mass is 16.2. The van der Waals surface area contributed by atoms with Crippen molar-refractivity contribution in [2.24, 2.45) is 5.10 Å². The van der Waals surface area contributed by atoms with Gasteiger partial charge in [0.25, 0.3) is 0 Å². The maximum absolute atomic E-state index is 11.6. The molecule has 0 bridgehead atoms. The van der Waals surface area contributed by atoms with Crippen LogP contribution in [0.5, 0.6) is 0 Å².